The quantitative estimate of drug-likeness (QED) is 0.461. The van der Waals surface area contributed by atoms with Crippen molar-refractivity contribution >= 4 is 61.8 Å². The number of halogens is 1. The van der Waals surface area contributed by atoms with Gasteiger partial charge in [0.15, 0.2) is 10.8 Å². The Morgan fingerprint density at radius 1 is 1.36 bits per heavy atom. The Labute approximate surface area is 175 Å². The van der Waals surface area contributed by atoms with E-state index in [4.69, 9.17) is 16.3 Å². The number of carbonyl (C=O) groups excluding carboxylic acids is 1. The standard InChI is InChI=1S/C18H18ClN5O2S2/c1-26-13-5-4-11(8-12(13)19)22-14(25)9-27-17-15-16(20-10-21-17)23-18(28-15)24-6-2-3-7-24/h4-5,8,10H,2-3,6-7,9H2,1H3,(H,22,25). The summed E-state index contributed by atoms with van der Waals surface area (Å²) in [5, 5.41) is 5.04. The third kappa shape index (κ3) is 4.16. The van der Waals surface area contributed by atoms with Gasteiger partial charge in [0.25, 0.3) is 0 Å². The predicted molar refractivity (Wildman–Crippen MR) is 114 cm³/mol. The van der Waals surface area contributed by atoms with Crippen molar-refractivity contribution in [1.29, 1.82) is 0 Å². The van der Waals surface area contributed by atoms with Crippen LogP contribution in [0.4, 0.5) is 10.8 Å². The molecule has 1 fully saturated rings. The van der Waals surface area contributed by atoms with Gasteiger partial charge in [-0.1, -0.05) is 34.7 Å². The Hall–Kier alpha value is -2.10. The number of fused-ring (bicyclic) bond motifs is 1. The SMILES string of the molecule is COc1ccc(NC(=O)CSc2ncnc3nc(N4CCCC4)sc23)cc1Cl. The number of thioether (sulfide) groups is 1. The molecule has 1 aromatic carbocycles. The molecule has 28 heavy (non-hydrogen) atoms. The van der Waals surface area contributed by atoms with E-state index in [9.17, 15) is 4.79 Å². The smallest absolute Gasteiger partial charge is 0.234 e. The first-order chi connectivity index (χ1) is 13.6. The number of amides is 1. The second-order valence-corrected chi connectivity index (χ2v) is 8.56. The number of nitrogens with zero attached hydrogens (tertiary/aromatic N) is 4. The lowest BCUT2D eigenvalue weighted by atomic mass is 10.3. The molecule has 1 aliphatic heterocycles. The molecule has 10 heteroatoms. The van der Waals surface area contributed by atoms with E-state index in [1.807, 2.05) is 0 Å². The van der Waals surface area contributed by atoms with Crippen LogP contribution in [0.2, 0.25) is 5.02 Å². The Morgan fingerprint density at radius 2 is 2.18 bits per heavy atom. The molecule has 1 aliphatic rings. The molecule has 0 saturated carbocycles. The second kappa shape index (κ2) is 8.50. The topological polar surface area (TPSA) is 80.2 Å². The summed E-state index contributed by atoms with van der Waals surface area (Å²) in [6, 6.07) is 5.13. The van der Waals surface area contributed by atoms with Crippen molar-refractivity contribution in [1.82, 2.24) is 15.0 Å². The van der Waals surface area contributed by atoms with Crippen LogP contribution in [0, 0.1) is 0 Å². The van der Waals surface area contributed by atoms with E-state index in [1.165, 1.54) is 30.9 Å². The van der Waals surface area contributed by atoms with Gasteiger partial charge in [-0.05, 0) is 31.0 Å². The molecule has 0 aliphatic carbocycles. The summed E-state index contributed by atoms with van der Waals surface area (Å²) in [5.41, 5.74) is 1.31. The fourth-order valence-corrected chi connectivity index (χ4v) is 5.14. The summed E-state index contributed by atoms with van der Waals surface area (Å²) < 4.78 is 6.04. The number of hydrogen-bond donors (Lipinski definition) is 1. The van der Waals surface area contributed by atoms with Crippen LogP contribution in [0.25, 0.3) is 10.3 Å². The molecule has 0 spiro atoms. The minimum absolute atomic E-state index is 0.137. The normalized spacial score (nSPS) is 13.9. The molecule has 0 atom stereocenters. The number of hydrogen-bond acceptors (Lipinski definition) is 8. The highest BCUT2D eigenvalue weighted by Crippen LogP contribution is 2.35. The number of carbonyl (C=O) groups is 1. The highest BCUT2D eigenvalue weighted by molar-refractivity contribution is 8.00. The minimum atomic E-state index is -0.137. The first kappa shape index (κ1) is 19.2. The Morgan fingerprint density at radius 3 is 2.93 bits per heavy atom. The zero-order chi connectivity index (χ0) is 19.5. The van der Waals surface area contributed by atoms with Crippen LogP contribution >= 0.6 is 34.7 Å². The molecule has 1 N–H and O–H groups in total. The maximum atomic E-state index is 12.3. The van der Waals surface area contributed by atoms with Crippen molar-refractivity contribution < 1.29 is 9.53 Å². The molecule has 1 amide bonds. The van der Waals surface area contributed by atoms with Crippen LogP contribution in [-0.2, 0) is 4.79 Å². The summed E-state index contributed by atoms with van der Waals surface area (Å²) in [6.45, 7) is 2.06. The molecule has 3 aromatic rings. The third-order valence-corrected chi connectivity index (χ3v) is 6.83. The molecular formula is C18H18ClN5O2S2. The van der Waals surface area contributed by atoms with E-state index in [1.54, 1.807) is 36.6 Å². The largest absolute Gasteiger partial charge is 0.495 e. The number of benzene rings is 1. The van der Waals surface area contributed by atoms with E-state index in [0.717, 1.165) is 27.9 Å². The van der Waals surface area contributed by atoms with E-state index >= 15 is 0 Å². The Bertz CT molecular complexity index is 1010. The summed E-state index contributed by atoms with van der Waals surface area (Å²) in [7, 11) is 1.55. The van der Waals surface area contributed by atoms with Gasteiger partial charge < -0.3 is 15.0 Å². The van der Waals surface area contributed by atoms with E-state index in [2.05, 4.69) is 25.2 Å². The fraction of sp³-hybridized carbons (Fsp3) is 0.333. The zero-order valence-electron chi connectivity index (χ0n) is 15.1. The number of methoxy groups -OCH3 is 1. The van der Waals surface area contributed by atoms with Crippen LogP contribution < -0.4 is 15.0 Å². The highest BCUT2D eigenvalue weighted by atomic mass is 35.5. The van der Waals surface area contributed by atoms with Gasteiger partial charge in [0.05, 0.1) is 17.9 Å². The number of rotatable bonds is 6. The number of thiazole rings is 1. The molecule has 0 radical (unpaired) electrons. The maximum absolute atomic E-state index is 12.3. The second-order valence-electron chi connectivity index (χ2n) is 6.21. The molecule has 2 aromatic heterocycles. The van der Waals surface area contributed by atoms with Gasteiger partial charge in [-0.15, -0.1) is 0 Å². The zero-order valence-corrected chi connectivity index (χ0v) is 17.5. The van der Waals surface area contributed by atoms with Crippen LogP contribution in [0.15, 0.2) is 29.6 Å². The van der Waals surface area contributed by atoms with Gasteiger partial charge in [-0.25, -0.2) is 9.97 Å². The van der Waals surface area contributed by atoms with Gasteiger partial charge in [0, 0.05) is 18.8 Å². The Balaban J connectivity index is 1.43. The van der Waals surface area contributed by atoms with Crippen LogP contribution in [-0.4, -0.2) is 46.8 Å². The van der Waals surface area contributed by atoms with Gasteiger partial charge in [-0.3, -0.25) is 4.79 Å². The lowest BCUT2D eigenvalue weighted by Gasteiger charge is -2.11. The fourth-order valence-electron chi connectivity index (χ4n) is 2.94. The van der Waals surface area contributed by atoms with Crippen LogP contribution in [0.1, 0.15) is 12.8 Å². The summed E-state index contributed by atoms with van der Waals surface area (Å²) in [5.74, 6) is 0.658. The molecule has 4 rings (SSSR count). The van der Waals surface area contributed by atoms with Crippen LogP contribution in [0.5, 0.6) is 5.75 Å². The summed E-state index contributed by atoms with van der Waals surface area (Å²) >= 11 is 9.06. The molecule has 0 unspecified atom stereocenters. The minimum Gasteiger partial charge on any atom is -0.495 e. The van der Waals surface area contributed by atoms with Crippen molar-refractivity contribution in [2.75, 3.05) is 36.2 Å². The molecular weight excluding hydrogens is 418 g/mol. The van der Waals surface area contributed by atoms with Gasteiger partial charge >= 0.3 is 0 Å². The van der Waals surface area contributed by atoms with Gasteiger partial charge in [0.2, 0.25) is 5.91 Å². The highest BCUT2D eigenvalue weighted by Gasteiger charge is 2.19. The molecule has 146 valence electrons. The molecule has 0 bridgehead atoms. The average molecular weight is 436 g/mol. The number of ether oxygens (including phenoxy) is 1. The van der Waals surface area contributed by atoms with E-state index in [-0.39, 0.29) is 11.7 Å². The number of anilines is 2. The molecule has 7 nitrogen and oxygen atoms in total. The average Bonchev–Trinajstić information content (AvgIpc) is 3.36. The lowest BCUT2D eigenvalue weighted by molar-refractivity contribution is -0.113. The van der Waals surface area contributed by atoms with Gasteiger partial charge in [-0.2, -0.15) is 4.98 Å². The third-order valence-electron chi connectivity index (χ3n) is 4.30. The molecule has 3 heterocycles. The van der Waals surface area contributed by atoms with Crippen LogP contribution in [0.3, 0.4) is 0 Å². The Kier molecular flexibility index (Phi) is 5.84. The lowest BCUT2D eigenvalue weighted by Crippen LogP contribution is -2.16. The van der Waals surface area contributed by atoms with E-state index in [0.29, 0.717) is 22.1 Å². The van der Waals surface area contributed by atoms with Crippen molar-refractivity contribution in [2.45, 2.75) is 17.9 Å². The van der Waals surface area contributed by atoms with E-state index < -0.39 is 0 Å². The summed E-state index contributed by atoms with van der Waals surface area (Å²) in [4.78, 5) is 27.9. The number of aromatic nitrogens is 3. The maximum Gasteiger partial charge on any atom is 0.234 e. The van der Waals surface area contributed by atoms with Crippen molar-refractivity contribution in [2.24, 2.45) is 0 Å². The van der Waals surface area contributed by atoms with Crippen molar-refractivity contribution in [3.63, 3.8) is 0 Å². The van der Waals surface area contributed by atoms with Crippen molar-refractivity contribution in [3.05, 3.63) is 29.5 Å². The first-order valence-electron chi connectivity index (χ1n) is 8.77. The monoisotopic (exact) mass is 435 g/mol. The molecule has 1 saturated heterocycles. The van der Waals surface area contributed by atoms with Gasteiger partial charge in [0.1, 0.15) is 21.8 Å². The first-order valence-corrected chi connectivity index (χ1v) is 10.9. The van der Waals surface area contributed by atoms with Crippen molar-refractivity contribution in [3.8, 4) is 5.75 Å². The number of nitrogens with one attached hydrogen (secondary N) is 1. The summed E-state index contributed by atoms with van der Waals surface area (Å²) in [6.07, 6.45) is 3.89. The predicted octanol–water partition coefficient (Wildman–Crippen LogP) is 4.08.